The van der Waals surface area contributed by atoms with Crippen molar-refractivity contribution in [2.45, 2.75) is 64.7 Å². The monoisotopic (exact) mass is 251 g/mol. The van der Waals surface area contributed by atoms with Gasteiger partial charge in [0.2, 0.25) is 0 Å². The molecule has 0 amide bonds. The van der Waals surface area contributed by atoms with Crippen molar-refractivity contribution in [3.05, 3.63) is 0 Å². The summed E-state index contributed by atoms with van der Waals surface area (Å²) in [5.74, 6) is 2.55. The average Bonchev–Trinajstić information content (AvgIpc) is 2.46. The van der Waals surface area contributed by atoms with E-state index >= 15 is 0 Å². The maximum atomic E-state index is 12.3. The molecule has 2 rings (SSSR count). The van der Waals surface area contributed by atoms with Crippen molar-refractivity contribution in [2.75, 3.05) is 13.1 Å². The first kappa shape index (κ1) is 14.0. The molecule has 0 aromatic carbocycles. The molecule has 2 heteroatoms. The summed E-state index contributed by atoms with van der Waals surface area (Å²) in [7, 11) is 0. The smallest absolute Gasteiger partial charge is 0.135 e. The summed E-state index contributed by atoms with van der Waals surface area (Å²) in [4.78, 5) is 12.3. The number of carbonyl (C=O) groups excluding carboxylic acids is 1. The van der Waals surface area contributed by atoms with Crippen LogP contribution in [0.5, 0.6) is 0 Å². The van der Waals surface area contributed by atoms with E-state index in [0.717, 1.165) is 37.6 Å². The summed E-state index contributed by atoms with van der Waals surface area (Å²) >= 11 is 0. The Kier molecular flexibility index (Phi) is 5.68. The normalized spacial score (nSPS) is 33.3. The van der Waals surface area contributed by atoms with Gasteiger partial charge in [0.15, 0.2) is 0 Å². The van der Waals surface area contributed by atoms with Crippen molar-refractivity contribution in [3.63, 3.8) is 0 Å². The van der Waals surface area contributed by atoms with Crippen LogP contribution in [0.1, 0.15) is 64.7 Å². The van der Waals surface area contributed by atoms with Crippen molar-refractivity contribution in [1.29, 1.82) is 0 Å². The lowest BCUT2D eigenvalue weighted by molar-refractivity contribution is -0.124. The zero-order valence-electron chi connectivity index (χ0n) is 11.9. The van der Waals surface area contributed by atoms with Gasteiger partial charge >= 0.3 is 0 Å². The van der Waals surface area contributed by atoms with Crippen LogP contribution in [0.15, 0.2) is 0 Å². The molecule has 2 fully saturated rings. The van der Waals surface area contributed by atoms with Crippen LogP contribution in [0.4, 0.5) is 0 Å². The zero-order valence-corrected chi connectivity index (χ0v) is 11.9. The lowest BCUT2D eigenvalue weighted by Crippen LogP contribution is -2.30. The van der Waals surface area contributed by atoms with Gasteiger partial charge in [-0.1, -0.05) is 26.2 Å². The molecule has 0 bridgehead atoms. The van der Waals surface area contributed by atoms with Crippen LogP contribution in [-0.2, 0) is 4.79 Å². The van der Waals surface area contributed by atoms with Gasteiger partial charge in [0.25, 0.3) is 0 Å². The van der Waals surface area contributed by atoms with Crippen molar-refractivity contribution in [2.24, 2.45) is 17.8 Å². The van der Waals surface area contributed by atoms with E-state index in [1.54, 1.807) is 0 Å². The summed E-state index contributed by atoms with van der Waals surface area (Å²) in [6.45, 7) is 4.58. The Bertz CT molecular complexity index is 258. The second-order valence-electron chi connectivity index (χ2n) is 6.36. The van der Waals surface area contributed by atoms with Gasteiger partial charge in [-0.05, 0) is 57.0 Å². The molecule has 2 nitrogen and oxygen atoms in total. The predicted molar refractivity (Wildman–Crippen MR) is 75.6 cm³/mol. The Hall–Kier alpha value is -0.370. The third kappa shape index (κ3) is 4.08. The minimum Gasteiger partial charge on any atom is -0.316 e. The minimum atomic E-state index is 0.403. The quantitative estimate of drug-likeness (QED) is 0.809. The van der Waals surface area contributed by atoms with Crippen LogP contribution >= 0.6 is 0 Å². The van der Waals surface area contributed by atoms with Gasteiger partial charge in [0.1, 0.15) is 5.78 Å². The number of nitrogens with one attached hydrogen (secondary N) is 1. The minimum absolute atomic E-state index is 0.403. The highest BCUT2D eigenvalue weighted by Crippen LogP contribution is 2.32. The van der Waals surface area contributed by atoms with Gasteiger partial charge in [0.05, 0.1) is 0 Å². The van der Waals surface area contributed by atoms with Gasteiger partial charge in [0, 0.05) is 12.3 Å². The van der Waals surface area contributed by atoms with E-state index in [0.29, 0.717) is 11.7 Å². The van der Waals surface area contributed by atoms with Gasteiger partial charge in [-0.15, -0.1) is 0 Å². The molecule has 0 aromatic rings. The maximum Gasteiger partial charge on any atom is 0.135 e. The Morgan fingerprint density at radius 2 is 2.00 bits per heavy atom. The SMILES string of the molecule is CCC1CCCC(C(=O)CCC2CCCNC2)C1. The summed E-state index contributed by atoms with van der Waals surface area (Å²) < 4.78 is 0. The van der Waals surface area contributed by atoms with Gasteiger partial charge in [-0.3, -0.25) is 4.79 Å². The third-order valence-corrected chi connectivity index (χ3v) is 5.01. The van der Waals surface area contributed by atoms with Crippen LogP contribution in [-0.4, -0.2) is 18.9 Å². The number of carbonyl (C=O) groups is 1. The Morgan fingerprint density at radius 1 is 1.17 bits per heavy atom. The van der Waals surface area contributed by atoms with Crippen LogP contribution in [0, 0.1) is 17.8 Å². The average molecular weight is 251 g/mol. The van der Waals surface area contributed by atoms with Crippen molar-refractivity contribution in [1.82, 2.24) is 5.32 Å². The van der Waals surface area contributed by atoms with Crippen LogP contribution in [0.3, 0.4) is 0 Å². The number of hydrogen-bond donors (Lipinski definition) is 1. The molecule has 1 aliphatic heterocycles. The van der Waals surface area contributed by atoms with E-state index in [4.69, 9.17) is 0 Å². The van der Waals surface area contributed by atoms with Gasteiger partial charge in [-0.25, -0.2) is 0 Å². The Labute approximate surface area is 112 Å². The van der Waals surface area contributed by atoms with Crippen molar-refractivity contribution < 1.29 is 4.79 Å². The standard InChI is InChI=1S/C16H29NO/c1-2-13-5-3-7-15(11-13)16(18)9-8-14-6-4-10-17-12-14/h13-15,17H,2-12H2,1H3. The summed E-state index contributed by atoms with van der Waals surface area (Å²) in [6.07, 6.45) is 10.8. The van der Waals surface area contributed by atoms with E-state index in [-0.39, 0.29) is 0 Å². The molecule has 0 radical (unpaired) electrons. The molecule has 1 saturated carbocycles. The van der Waals surface area contributed by atoms with Crippen molar-refractivity contribution >= 4 is 5.78 Å². The second kappa shape index (κ2) is 7.28. The molecule has 104 valence electrons. The molecule has 1 saturated heterocycles. The highest BCUT2D eigenvalue weighted by atomic mass is 16.1. The molecule has 1 aliphatic carbocycles. The van der Waals surface area contributed by atoms with E-state index in [1.807, 2.05) is 0 Å². The summed E-state index contributed by atoms with van der Waals surface area (Å²) in [5, 5.41) is 3.44. The first-order valence-electron chi connectivity index (χ1n) is 8.03. The van der Waals surface area contributed by atoms with Crippen LogP contribution in [0.2, 0.25) is 0 Å². The van der Waals surface area contributed by atoms with Gasteiger partial charge in [-0.2, -0.15) is 0 Å². The summed E-state index contributed by atoms with van der Waals surface area (Å²) in [5.41, 5.74) is 0. The van der Waals surface area contributed by atoms with E-state index < -0.39 is 0 Å². The molecule has 1 heterocycles. The molecule has 3 atom stereocenters. The Balaban J connectivity index is 1.70. The fourth-order valence-corrected chi connectivity index (χ4v) is 3.68. The fraction of sp³-hybridized carbons (Fsp3) is 0.938. The van der Waals surface area contributed by atoms with Gasteiger partial charge < -0.3 is 5.32 Å². The molecule has 1 N–H and O–H groups in total. The number of hydrogen-bond acceptors (Lipinski definition) is 2. The predicted octanol–water partition coefficient (Wildman–Crippen LogP) is 3.55. The number of piperidine rings is 1. The molecule has 0 spiro atoms. The van der Waals surface area contributed by atoms with E-state index in [2.05, 4.69) is 12.2 Å². The zero-order chi connectivity index (χ0) is 12.8. The lowest BCUT2D eigenvalue weighted by atomic mass is 9.77. The molecular weight excluding hydrogens is 222 g/mol. The molecule has 0 aromatic heterocycles. The van der Waals surface area contributed by atoms with Crippen LogP contribution < -0.4 is 5.32 Å². The Morgan fingerprint density at radius 3 is 2.72 bits per heavy atom. The number of ketones is 1. The first-order valence-corrected chi connectivity index (χ1v) is 8.03. The molecule has 3 unspecified atom stereocenters. The lowest BCUT2D eigenvalue weighted by Gasteiger charge is -2.28. The van der Waals surface area contributed by atoms with Crippen molar-refractivity contribution in [3.8, 4) is 0 Å². The second-order valence-corrected chi connectivity index (χ2v) is 6.36. The summed E-state index contributed by atoms with van der Waals surface area (Å²) in [6, 6.07) is 0. The third-order valence-electron chi connectivity index (χ3n) is 5.01. The molecular formula is C16H29NO. The fourth-order valence-electron chi connectivity index (χ4n) is 3.68. The van der Waals surface area contributed by atoms with E-state index in [1.165, 1.54) is 45.1 Å². The maximum absolute atomic E-state index is 12.3. The number of Topliss-reactive ketones (excluding diaryl/α,β-unsaturated/α-hetero) is 1. The number of rotatable bonds is 5. The first-order chi connectivity index (χ1) is 8.79. The highest BCUT2D eigenvalue weighted by molar-refractivity contribution is 5.81. The topological polar surface area (TPSA) is 29.1 Å². The largest absolute Gasteiger partial charge is 0.316 e. The van der Waals surface area contributed by atoms with Crippen LogP contribution in [0.25, 0.3) is 0 Å². The van der Waals surface area contributed by atoms with E-state index in [9.17, 15) is 4.79 Å². The molecule has 2 aliphatic rings. The molecule has 18 heavy (non-hydrogen) atoms. The highest BCUT2D eigenvalue weighted by Gasteiger charge is 2.26.